The zero-order valence-electron chi connectivity index (χ0n) is 14.7. The fourth-order valence-corrected chi connectivity index (χ4v) is 2.56. The highest BCUT2D eigenvalue weighted by molar-refractivity contribution is 5.96. The third-order valence-electron chi connectivity index (χ3n) is 3.93. The summed E-state index contributed by atoms with van der Waals surface area (Å²) >= 11 is 0. The van der Waals surface area contributed by atoms with Gasteiger partial charge in [-0.1, -0.05) is 47.1 Å². The van der Waals surface area contributed by atoms with Crippen molar-refractivity contribution in [1.82, 2.24) is 10.9 Å². The molecule has 1 aromatic rings. The van der Waals surface area contributed by atoms with Crippen LogP contribution in [0.15, 0.2) is 18.2 Å². The van der Waals surface area contributed by atoms with Gasteiger partial charge in [-0.3, -0.25) is 10.2 Å². The van der Waals surface area contributed by atoms with E-state index >= 15 is 0 Å². The molecule has 0 spiro atoms. The van der Waals surface area contributed by atoms with Gasteiger partial charge in [-0.2, -0.15) is 0 Å². The third-order valence-corrected chi connectivity index (χ3v) is 3.93. The summed E-state index contributed by atoms with van der Waals surface area (Å²) in [4.78, 5) is 12.5. The standard InChI is InChI=1S/C18H30N2O2/c1-7-10-16(18(3,4)5)19-20-17(21)14-11-9-12-15(22-6)13(14)8-2/h9,11-12,16,19H,7-8,10H2,1-6H3,(H,20,21)/t16-/m1/s1. The molecular weight excluding hydrogens is 276 g/mol. The number of nitrogens with one attached hydrogen (secondary N) is 2. The number of amides is 1. The van der Waals surface area contributed by atoms with Crippen LogP contribution in [0, 0.1) is 5.41 Å². The second-order valence-electron chi connectivity index (χ2n) is 6.65. The maximum Gasteiger partial charge on any atom is 0.265 e. The van der Waals surface area contributed by atoms with Crippen molar-refractivity contribution >= 4 is 5.91 Å². The molecule has 1 atom stereocenters. The van der Waals surface area contributed by atoms with Gasteiger partial charge in [0.2, 0.25) is 0 Å². The SMILES string of the molecule is CCC[C@@H](NNC(=O)c1cccc(OC)c1CC)C(C)(C)C. The molecule has 0 aliphatic heterocycles. The first-order valence-electron chi connectivity index (χ1n) is 8.06. The molecular formula is C18H30N2O2. The normalized spacial score (nSPS) is 12.8. The molecule has 0 saturated carbocycles. The van der Waals surface area contributed by atoms with Crippen molar-refractivity contribution in [3.8, 4) is 5.75 Å². The zero-order chi connectivity index (χ0) is 16.8. The summed E-state index contributed by atoms with van der Waals surface area (Å²) in [5.74, 6) is 0.650. The Morgan fingerprint density at radius 1 is 1.27 bits per heavy atom. The fourth-order valence-electron chi connectivity index (χ4n) is 2.56. The number of carbonyl (C=O) groups excluding carboxylic acids is 1. The van der Waals surface area contributed by atoms with Crippen LogP contribution >= 0.6 is 0 Å². The summed E-state index contributed by atoms with van der Waals surface area (Å²) in [7, 11) is 1.63. The van der Waals surface area contributed by atoms with Crippen molar-refractivity contribution in [3.05, 3.63) is 29.3 Å². The lowest BCUT2D eigenvalue weighted by molar-refractivity contribution is 0.0903. The molecule has 1 amide bonds. The van der Waals surface area contributed by atoms with Gasteiger partial charge in [0.15, 0.2) is 0 Å². The quantitative estimate of drug-likeness (QED) is 0.755. The third kappa shape index (κ3) is 4.73. The van der Waals surface area contributed by atoms with Gasteiger partial charge < -0.3 is 4.74 Å². The van der Waals surface area contributed by atoms with Crippen molar-refractivity contribution in [1.29, 1.82) is 0 Å². The number of hydrogen-bond donors (Lipinski definition) is 2. The van der Waals surface area contributed by atoms with E-state index in [1.807, 2.05) is 25.1 Å². The van der Waals surface area contributed by atoms with Gasteiger partial charge in [0, 0.05) is 17.2 Å². The van der Waals surface area contributed by atoms with Crippen LogP contribution in [-0.4, -0.2) is 19.1 Å². The van der Waals surface area contributed by atoms with Crippen LogP contribution in [0.4, 0.5) is 0 Å². The number of ether oxygens (including phenoxy) is 1. The van der Waals surface area contributed by atoms with Crippen LogP contribution in [0.25, 0.3) is 0 Å². The van der Waals surface area contributed by atoms with Gasteiger partial charge >= 0.3 is 0 Å². The Morgan fingerprint density at radius 3 is 2.45 bits per heavy atom. The monoisotopic (exact) mass is 306 g/mol. The first-order chi connectivity index (χ1) is 10.3. The van der Waals surface area contributed by atoms with E-state index in [2.05, 4.69) is 38.5 Å². The van der Waals surface area contributed by atoms with Crippen LogP contribution in [0.3, 0.4) is 0 Å². The largest absolute Gasteiger partial charge is 0.496 e. The smallest absolute Gasteiger partial charge is 0.265 e. The molecule has 124 valence electrons. The van der Waals surface area contributed by atoms with Crippen LogP contribution < -0.4 is 15.6 Å². The zero-order valence-corrected chi connectivity index (χ0v) is 14.7. The van der Waals surface area contributed by atoms with Crippen LogP contribution in [0.1, 0.15) is 63.4 Å². The predicted octanol–water partition coefficient (Wildman–Crippen LogP) is 3.71. The average molecular weight is 306 g/mol. The molecule has 0 radical (unpaired) electrons. The lowest BCUT2D eigenvalue weighted by Crippen LogP contribution is -2.50. The lowest BCUT2D eigenvalue weighted by atomic mass is 9.84. The number of rotatable bonds is 7. The number of methoxy groups -OCH3 is 1. The van der Waals surface area contributed by atoms with E-state index < -0.39 is 0 Å². The number of hydrogen-bond acceptors (Lipinski definition) is 3. The predicted molar refractivity (Wildman–Crippen MR) is 91.1 cm³/mol. The van der Waals surface area contributed by atoms with E-state index in [0.717, 1.165) is 30.6 Å². The molecule has 2 N–H and O–H groups in total. The van der Waals surface area contributed by atoms with Crippen molar-refractivity contribution in [2.45, 2.75) is 59.9 Å². The Labute approximate surface area is 134 Å². The maximum atomic E-state index is 12.5. The molecule has 0 bridgehead atoms. The average Bonchev–Trinajstić information content (AvgIpc) is 2.48. The van der Waals surface area contributed by atoms with Gasteiger partial charge in [0.25, 0.3) is 5.91 Å². The molecule has 4 heteroatoms. The van der Waals surface area contributed by atoms with E-state index in [0.29, 0.717) is 5.56 Å². The van der Waals surface area contributed by atoms with Crippen molar-refractivity contribution in [3.63, 3.8) is 0 Å². The number of carbonyl (C=O) groups is 1. The molecule has 0 saturated heterocycles. The summed E-state index contributed by atoms with van der Waals surface area (Å²) in [6.07, 6.45) is 2.84. The van der Waals surface area contributed by atoms with Crippen molar-refractivity contribution in [2.24, 2.45) is 5.41 Å². The highest BCUT2D eigenvalue weighted by atomic mass is 16.5. The van der Waals surface area contributed by atoms with Crippen LogP contribution in [0.2, 0.25) is 0 Å². The molecule has 0 aliphatic rings. The number of hydrazine groups is 1. The highest BCUT2D eigenvalue weighted by Gasteiger charge is 2.24. The highest BCUT2D eigenvalue weighted by Crippen LogP contribution is 2.24. The first-order valence-corrected chi connectivity index (χ1v) is 8.06. The fraction of sp³-hybridized carbons (Fsp3) is 0.611. The Kier molecular flexibility index (Phi) is 6.88. The van der Waals surface area contributed by atoms with E-state index in [1.54, 1.807) is 7.11 Å². The minimum Gasteiger partial charge on any atom is -0.496 e. The lowest BCUT2D eigenvalue weighted by Gasteiger charge is -2.31. The molecule has 22 heavy (non-hydrogen) atoms. The molecule has 0 heterocycles. The molecule has 0 aliphatic carbocycles. The van der Waals surface area contributed by atoms with Crippen molar-refractivity contribution in [2.75, 3.05) is 7.11 Å². The van der Waals surface area contributed by atoms with Crippen molar-refractivity contribution < 1.29 is 9.53 Å². The van der Waals surface area contributed by atoms with Gasteiger partial charge in [0.05, 0.1) is 7.11 Å². The molecule has 0 unspecified atom stereocenters. The molecule has 0 fully saturated rings. The van der Waals surface area contributed by atoms with Gasteiger partial charge in [-0.15, -0.1) is 0 Å². The molecule has 1 aromatic carbocycles. The maximum absolute atomic E-state index is 12.5. The van der Waals surface area contributed by atoms with Gasteiger partial charge in [-0.05, 0) is 30.4 Å². The minimum absolute atomic E-state index is 0.0885. The van der Waals surface area contributed by atoms with Crippen LogP contribution in [-0.2, 0) is 6.42 Å². The van der Waals surface area contributed by atoms with E-state index in [-0.39, 0.29) is 17.4 Å². The van der Waals surface area contributed by atoms with Gasteiger partial charge in [0.1, 0.15) is 5.75 Å². The summed E-state index contributed by atoms with van der Waals surface area (Å²) in [6.45, 7) is 10.7. The molecule has 0 aromatic heterocycles. The van der Waals surface area contributed by atoms with Gasteiger partial charge in [-0.25, -0.2) is 5.43 Å². The molecule has 4 nitrogen and oxygen atoms in total. The number of benzene rings is 1. The summed E-state index contributed by atoms with van der Waals surface area (Å²) in [6, 6.07) is 5.81. The van der Waals surface area contributed by atoms with E-state index in [4.69, 9.17) is 4.74 Å². The van der Waals surface area contributed by atoms with Crippen LogP contribution in [0.5, 0.6) is 5.75 Å². The second-order valence-corrected chi connectivity index (χ2v) is 6.65. The Balaban J connectivity index is 2.85. The summed E-state index contributed by atoms with van der Waals surface area (Å²) in [5.41, 5.74) is 7.77. The van der Waals surface area contributed by atoms with E-state index in [1.165, 1.54) is 0 Å². The second kappa shape index (κ2) is 8.18. The summed E-state index contributed by atoms with van der Waals surface area (Å²) < 4.78 is 5.35. The molecule has 1 rings (SSSR count). The minimum atomic E-state index is -0.110. The van der Waals surface area contributed by atoms with E-state index in [9.17, 15) is 4.79 Å². The first kappa shape index (κ1) is 18.5. The Hall–Kier alpha value is -1.55. The topological polar surface area (TPSA) is 50.4 Å². The summed E-state index contributed by atoms with van der Waals surface area (Å²) in [5, 5.41) is 0. The Bertz CT molecular complexity index is 492. The Morgan fingerprint density at radius 2 is 1.95 bits per heavy atom.